The second kappa shape index (κ2) is 6.55. The highest BCUT2D eigenvalue weighted by atomic mass is 16.1. The zero-order valence-corrected chi connectivity index (χ0v) is 11.3. The quantitative estimate of drug-likeness (QED) is 0.781. The van der Waals surface area contributed by atoms with E-state index in [1.54, 1.807) is 0 Å². The van der Waals surface area contributed by atoms with Crippen LogP contribution in [0.15, 0.2) is 6.07 Å². The van der Waals surface area contributed by atoms with Crippen molar-refractivity contribution in [3.05, 3.63) is 17.5 Å². The van der Waals surface area contributed by atoms with Gasteiger partial charge in [0.05, 0.1) is 5.69 Å². The van der Waals surface area contributed by atoms with E-state index in [0.29, 0.717) is 12.8 Å². The van der Waals surface area contributed by atoms with Crippen LogP contribution in [0.4, 0.5) is 0 Å². The summed E-state index contributed by atoms with van der Waals surface area (Å²) in [4.78, 5) is 11.9. The van der Waals surface area contributed by atoms with Gasteiger partial charge in [-0.1, -0.05) is 13.8 Å². The lowest BCUT2D eigenvalue weighted by Crippen LogP contribution is -2.28. The summed E-state index contributed by atoms with van der Waals surface area (Å²) in [5.41, 5.74) is 2.06. The van der Waals surface area contributed by atoms with Gasteiger partial charge in [0.25, 0.3) is 0 Å². The number of ketones is 1. The number of nitrogens with zero attached hydrogens (tertiary/aromatic N) is 2. The second-order valence-electron chi connectivity index (χ2n) is 4.48. The lowest BCUT2D eigenvalue weighted by Gasteiger charge is -2.10. The Bertz CT molecular complexity index is 371. The summed E-state index contributed by atoms with van der Waals surface area (Å²) >= 11 is 0. The van der Waals surface area contributed by atoms with Gasteiger partial charge in [-0.3, -0.25) is 9.48 Å². The number of Topliss-reactive ketones (excluding diaryl/α,β-unsaturated/α-hetero) is 1. The van der Waals surface area contributed by atoms with E-state index in [1.165, 1.54) is 0 Å². The fraction of sp³-hybridized carbons (Fsp3) is 0.692. The van der Waals surface area contributed by atoms with Gasteiger partial charge in [0.1, 0.15) is 5.78 Å². The van der Waals surface area contributed by atoms with Crippen LogP contribution in [-0.4, -0.2) is 28.2 Å². The van der Waals surface area contributed by atoms with Crippen LogP contribution in [0, 0.1) is 0 Å². The van der Waals surface area contributed by atoms with Crippen molar-refractivity contribution in [3.8, 4) is 0 Å². The molecule has 96 valence electrons. The second-order valence-corrected chi connectivity index (χ2v) is 4.48. The SMILES string of the molecule is CCNC(C)CC(=O)Cc1cc(CC)nn1C. The molecule has 0 aliphatic rings. The minimum absolute atomic E-state index is 0.256. The van der Waals surface area contributed by atoms with Gasteiger partial charge in [-0.05, 0) is 26.0 Å². The van der Waals surface area contributed by atoms with Crippen molar-refractivity contribution < 1.29 is 4.79 Å². The molecule has 17 heavy (non-hydrogen) atoms. The molecule has 1 aromatic rings. The summed E-state index contributed by atoms with van der Waals surface area (Å²) in [7, 11) is 1.90. The van der Waals surface area contributed by atoms with Crippen LogP contribution < -0.4 is 5.32 Å². The van der Waals surface area contributed by atoms with Gasteiger partial charge in [-0.15, -0.1) is 0 Å². The van der Waals surface area contributed by atoms with Crippen molar-refractivity contribution in [2.45, 2.75) is 46.1 Å². The zero-order chi connectivity index (χ0) is 12.8. The fourth-order valence-corrected chi connectivity index (χ4v) is 1.95. The van der Waals surface area contributed by atoms with Crippen LogP contribution in [0.25, 0.3) is 0 Å². The largest absolute Gasteiger partial charge is 0.314 e. The normalized spacial score (nSPS) is 12.7. The van der Waals surface area contributed by atoms with Gasteiger partial charge >= 0.3 is 0 Å². The minimum atomic E-state index is 0.256. The van der Waals surface area contributed by atoms with Gasteiger partial charge < -0.3 is 5.32 Å². The molecule has 0 bridgehead atoms. The summed E-state index contributed by atoms with van der Waals surface area (Å²) in [5.74, 6) is 0.268. The van der Waals surface area contributed by atoms with Gasteiger partial charge in [0.15, 0.2) is 0 Å². The first-order chi connectivity index (χ1) is 8.06. The smallest absolute Gasteiger partial charge is 0.140 e. The Balaban J connectivity index is 2.52. The predicted octanol–water partition coefficient (Wildman–Crippen LogP) is 1.48. The molecular formula is C13H23N3O. The monoisotopic (exact) mass is 237 g/mol. The average molecular weight is 237 g/mol. The molecule has 1 aromatic heterocycles. The van der Waals surface area contributed by atoms with Crippen LogP contribution in [0.3, 0.4) is 0 Å². The molecule has 0 amide bonds. The molecule has 0 aliphatic carbocycles. The molecule has 0 spiro atoms. The maximum atomic E-state index is 11.9. The van der Waals surface area contributed by atoms with E-state index in [9.17, 15) is 4.79 Å². The van der Waals surface area contributed by atoms with Crippen molar-refractivity contribution in [2.24, 2.45) is 7.05 Å². The number of rotatable bonds is 7. The molecule has 0 radical (unpaired) electrons. The number of nitrogens with one attached hydrogen (secondary N) is 1. The van der Waals surface area contributed by atoms with Gasteiger partial charge in [0, 0.05) is 31.6 Å². The number of carbonyl (C=O) groups is 1. The number of carbonyl (C=O) groups excluding carboxylic acids is 1. The van der Waals surface area contributed by atoms with Gasteiger partial charge in [-0.25, -0.2) is 0 Å². The lowest BCUT2D eigenvalue weighted by molar-refractivity contribution is -0.118. The molecule has 0 aliphatic heterocycles. The van der Waals surface area contributed by atoms with E-state index in [-0.39, 0.29) is 11.8 Å². The van der Waals surface area contributed by atoms with Crippen LogP contribution >= 0.6 is 0 Å². The molecule has 1 unspecified atom stereocenters. The Morgan fingerprint density at radius 2 is 2.24 bits per heavy atom. The van der Waals surface area contributed by atoms with E-state index in [0.717, 1.165) is 24.4 Å². The minimum Gasteiger partial charge on any atom is -0.314 e. The molecule has 4 heteroatoms. The predicted molar refractivity (Wildman–Crippen MR) is 69.1 cm³/mol. The number of hydrogen-bond acceptors (Lipinski definition) is 3. The Hall–Kier alpha value is -1.16. The summed E-state index contributed by atoms with van der Waals surface area (Å²) in [6.07, 6.45) is 1.98. The summed E-state index contributed by atoms with van der Waals surface area (Å²) < 4.78 is 1.81. The highest BCUT2D eigenvalue weighted by Crippen LogP contribution is 2.07. The highest BCUT2D eigenvalue weighted by molar-refractivity contribution is 5.81. The van der Waals surface area contributed by atoms with E-state index in [2.05, 4.69) is 24.3 Å². The standard InChI is InChI=1S/C13H23N3O/c1-5-11-8-12(16(4)15-11)9-13(17)7-10(3)14-6-2/h8,10,14H,5-7,9H2,1-4H3. The van der Waals surface area contributed by atoms with Crippen molar-refractivity contribution in [2.75, 3.05) is 6.54 Å². The molecule has 0 saturated carbocycles. The highest BCUT2D eigenvalue weighted by Gasteiger charge is 2.12. The first-order valence-corrected chi connectivity index (χ1v) is 6.33. The van der Waals surface area contributed by atoms with E-state index >= 15 is 0 Å². The summed E-state index contributed by atoms with van der Waals surface area (Å²) in [5, 5.41) is 7.60. The zero-order valence-electron chi connectivity index (χ0n) is 11.3. The molecule has 4 nitrogen and oxygen atoms in total. The van der Waals surface area contributed by atoms with Crippen molar-refractivity contribution in [1.29, 1.82) is 0 Å². The maximum absolute atomic E-state index is 11.9. The van der Waals surface area contributed by atoms with Crippen LogP contribution in [0.5, 0.6) is 0 Å². The van der Waals surface area contributed by atoms with E-state index in [4.69, 9.17) is 0 Å². The maximum Gasteiger partial charge on any atom is 0.140 e. The van der Waals surface area contributed by atoms with E-state index < -0.39 is 0 Å². The summed E-state index contributed by atoms with van der Waals surface area (Å²) in [6, 6.07) is 2.28. The first kappa shape index (κ1) is 13.9. The molecule has 0 aromatic carbocycles. The molecule has 1 atom stereocenters. The third-order valence-electron chi connectivity index (χ3n) is 2.85. The number of hydrogen-bond donors (Lipinski definition) is 1. The molecule has 1 heterocycles. The lowest BCUT2D eigenvalue weighted by atomic mass is 10.1. The Kier molecular flexibility index (Phi) is 5.35. The molecule has 0 fully saturated rings. The Morgan fingerprint density at radius 3 is 2.76 bits per heavy atom. The third-order valence-corrected chi connectivity index (χ3v) is 2.85. The number of aromatic nitrogens is 2. The number of aryl methyl sites for hydroxylation is 2. The molecular weight excluding hydrogens is 214 g/mol. The summed E-state index contributed by atoms with van der Waals surface area (Å²) in [6.45, 7) is 7.07. The average Bonchev–Trinajstić information content (AvgIpc) is 2.59. The van der Waals surface area contributed by atoms with Crippen molar-refractivity contribution >= 4 is 5.78 Å². The Morgan fingerprint density at radius 1 is 1.53 bits per heavy atom. The van der Waals surface area contributed by atoms with Crippen LogP contribution in [0.1, 0.15) is 38.6 Å². The van der Waals surface area contributed by atoms with Crippen molar-refractivity contribution in [3.63, 3.8) is 0 Å². The molecule has 1 rings (SSSR count). The third kappa shape index (κ3) is 4.30. The molecule has 0 saturated heterocycles. The van der Waals surface area contributed by atoms with Gasteiger partial charge in [0.2, 0.25) is 0 Å². The Labute approximate surface area is 103 Å². The van der Waals surface area contributed by atoms with Crippen molar-refractivity contribution in [1.82, 2.24) is 15.1 Å². The van der Waals surface area contributed by atoms with Crippen LogP contribution in [0.2, 0.25) is 0 Å². The van der Waals surface area contributed by atoms with E-state index in [1.807, 2.05) is 24.7 Å². The van der Waals surface area contributed by atoms with Gasteiger partial charge in [-0.2, -0.15) is 5.10 Å². The van der Waals surface area contributed by atoms with Crippen LogP contribution in [-0.2, 0) is 24.7 Å². The molecule has 1 N–H and O–H groups in total. The fourth-order valence-electron chi connectivity index (χ4n) is 1.95. The first-order valence-electron chi connectivity index (χ1n) is 6.33. The topological polar surface area (TPSA) is 46.9 Å².